The Labute approximate surface area is 222 Å². The number of amides is 1. The quantitative estimate of drug-likeness (QED) is 0.261. The summed E-state index contributed by atoms with van der Waals surface area (Å²) in [7, 11) is 0. The number of carbonyl (C=O) groups is 2. The van der Waals surface area contributed by atoms with E-state index in [2.05, 4.69) is 19.2 Å². The summed E-state index contributed by atoms with van der Waals surface area (Å²) in [6.07, 6.45) is -0.593. The predicted octanol–water partition coefficient (Wildman–Crippen LogP) is 6.02. The highest BCUT2D eigenvalue weighted by atomic mass is 35.5. The predicted molar refractivity (Wildman–Crippen MR) is 140 cm³/mol. The fraction of sp³-hybridized carbons (Fsp3) is 0.462. The molecule has 35 heavy (non-hydrogen) atoms. The minimum atomic E-state index is -0.593. The molecule has 0 aliphatic heterocycles. The van der Waals surface area contributed by atoms with Gasteiger partial charge in [-0.2, -0.15) is 0 Å². The van der Waals surface area contributed by atoms with Gasteiger partial charge in [-0.25, -0.2) is 0 Å². The Morgan fingerprint density at radius 3 is 2.09 bits per heavy atom. The van der Waals surface area contributed by atoms with E-state index in [4.69, 9.17) is 49.0 Å². The van der Waals surface area contributed by atoms with Crippen LogP contribution in [-0.2, 0) is 19.7 Å². The van der Waals surface area contributed by atoms with Crippen LogP contribution in [0.3, 0.4) is 0 Å². The van der Waals surface area contributed by atoms with Gasteiger partial charge in [0, 0.05) is 31.1 Å². The van der Waals surface area contributed by atoms with Gasteiger partial charge in [-0.05, 0) is 35.4 Å². The van der Waals surface area contributed by atoms with Crippen LogP contribution in [0.2, 0.25) is 10.0 Å². The van der Waals surface area contributed by atoms with Gasteiger partial charge in [-0.3, -0.25) is 9.59 Å². The number of rotatable bonds is 12. The molecule has 0 saturated carbocycles. The Morgan fingerprint density at radius 1 is 0.971 bits per heavy atom. The Bertz CT molecular complexity index is 988. The molecule has 9 heteroatoms. The molecular formula is C26H32Cl3NO5. The maximum atomic E-state index is 11.3. The molecule has 2 aromatic rings. The van der Waals surface area contributed by atoms with Gasteiger partial charge in [-0.1, -0.05) is 56.1 Å². The highest BCUT2D eigenvalue weighted by Crippen LogP contribution is 2.40. The second kappa shape index (κ2) is 13.2. The minimum absolute atomic E-state index is 0.109. The van der Waals surface area contributed by atoms with Crippen LogP contribution in [0.1, 0.15) is 45.7 Å². The number of hydrogen-bond acceptors (Lipinski definition) is 5. The summed E-state index contributed by atoms with van der Waals surface area (Å²) < 4.78 is 16.8. The van der Waals surface area contributed by atoms with E-state index in [1.807, 2.05) is 43.3 Å². The second-order valence-electron chi connectivity index (χ2n) is 8.97. The number of esters is 1. The molecule has 0 spiro atoms. The molecule has 0 heterocycles. The van der Waals surface area contributed by atoms with E-state index in [-0.39, 0.29) is 25.0 Å². The molecule has 192 valence electrons. The largest absolute Gasteiger partial charge is 0.490 e. The number of nitrogens with one attached hydrogen (secondary N) is 1. The summed E-state index contributed by atoms with van der Waals surface area (Å²) in [5.74, 6) is 1.07. The second-order valence-corrected chi connectivity index (χ2v) is 10.1. The monoisotopic (exact) mass is 543 g/mol. The van der Waals surface area contributed by atoms with Crippen LogP contribution >= 0.6 is 34.8 Å². The van der Waals surface area contributed by atoms with E-state index >= 15 is 0 Å². The topological polar surface area (TPSA) is 73.9 Å². The first-order valence-electron chi connectivity index (χ1n) is 11.3. The third-order valence-electron chi connectivity index (χ3n) is 5.42. The molecule has 1 amide bonds. The molecule has 0 aromatic heterocycles. The summed E-state index contributed by atoms with van der Waals surface area (Å²) >= 11 is 18.9. The number of hydrogen-bond donors (Lipinski definition) is 1. The van der Waals surface area contributed by atoms with E-state index < -0.39 is 17.5 Å². The van der Waals surface area contributed by atoms with Gasteiger partial charge in [0.25, 0.3) is 0 Å². The standard InChI is InChI=1S/C26H32Cl3NO5/c1-16(12-27)14-34-25-23(28)10-20(11-24(25)29)26(4,5)19-6-8-21(9-7-19)33-15-22(35-18(3)32)13-30-17(2)31/h6-11,16,22H,12-15H2,1-5H3,(H,30,31). The van der Waals surface area contributed by atoms with Gasteiger partial charge in [0.2, 0.25) is 5.91 Å². The molecule has 0 aliphatic rings. The lowest BCUT2D eigenvalue weighted by Gasteiger charge is -2.27. The highest BCUT2D eigenvalue weighted by Gasteiger charge is 2.26. The summed E-state index contributed by atoms with van der Waals surface area (Å²) in [5.41, 5.74) is 1.56. The zero-order valence-electron chi connectivity index (χ0n) is 20.6. The maximum absolute atomic E-state index is 11.3. The SMILES string of the molecule is CC(=O)NCC(COc1ccc(C(C)(C)c2cc(Cl)c(OCC(C)CCl)c(Cl)c2)cc1)OC(C)=O. The van der Waals surface area contributed by atoms with Crippen LogP contribution in [0.25, 0.3) is 0 Å². The zero-order valence-corrected chi connectivity index (χ0v) is 22.9. The van der Waals surface area contributed by atoms with Crippen LogP contribution in [0.4, 0.5) is 0 Å². The summed E-state index contributed by atoms with van der Waals surface area (Å²) in [6.45, 7) is 9.56. The molecule has 0 fully saturated rings. The van der Waals surface area contributed by atoms with E-state index in [1.54, 1.807) is 0 Å². The average Bonchev–Trinajstić information content (AvgIpc) is 2.79. The van der Waals surface area contributed by atoms with Crippen LogP contribution in [0.15, 0.2) is 36.4 Å². The number of ether oxygens (including phenoxy) is 3. The van der Waals surface area contributed by atoms with Gasteiger partial charge in [0.05, 0.1) is 23.2 Å². The van der Waals surface area contributed by atoms with Gasteiger partial charge in [0.1, 0.15) is 12.4 Å². The van der Waals surface area contributed by atoms with Crippen molar-refractivity contribution in [1.29, 1.82) is 0 Å². The summed E-state index contributed by atoms with van der Waals surface area (Å²) in [4.78, 5) is 22.5. The lowest BCUT2D eigenvalue weighted by atomic mass is 9.78. The van der Waals surface area contributed by atoms with E-state index in [9.17, 15) is 9.59 Å². The molecule has 0 radical (unpaired) electrons. The first-order chi connectivity index (χ1) is 16.4. The van der Waals surface area contributed by atoms with Gasteiger partial charge in [0.15, 0.2) is 11.9 Å². The number of carbonyl (C=O) groups excluding carboxylic acids is 2. The van der Waals surface area contributed by atoms with E-state index in [0.717, 1.165) is 11.1 Å². The molecule has 2 atom stereocenters. The molecule has 0 saturated heterocycles. The number of benzene rings is 2. The third kappa shape index (κ3) is 8.78. The molecule has 0 aliphatic carbocycles. The lowest BCUT2D eigenvalue weighted by molar-refractivity contribution is -0.148. The first-order valence-corrected chi connectivity index (χ1v) is 12.6. The van der Waals surface area contributed by atoms with Crippen molar-refractivity contribution in [2.45, 2.75) is 46.1 Å². The van der Waals surface area contributed by atoms with Gasteiger partial charge >= 0.3 is 5.97 Å². The van der Waals surface area contributed by atoms with Crippen molar-refractivity contribution < 1.29 is 23.8 Å². The van der Waals surface area contributed by atoms with Crippen molar-refractivity contribution in [3.8, 4) is 11.5 Å². The molecular weight excluding hydrogens is 513 g/mol. The normalized spacial score (nSPS) is 13.0. The maximum Gasteiger partial charge on any atom is 0.303 e. The smallest absolute Gasteiger partial charge is 0.303 e. The zero-order chi connectivity index (χ0) is 26.2. The van der Waals surface area contributed by atoms with Gasteiger partial charge in [-0.15, -0.1) is 11.6 Å². The first kappa shape index (κ1) is 29.1. The molecule has 0 bridgehead atoms. The third-order valence-corrected chi connectivity index (χ3v) is 6.51. The van der Waals surface area contributed by atoms with Crippen LogP contribution < -0.4 is 14.8 Å². The Balaban J connectivity index is 2.12. The van der Waals surface area contributed by atoms with Crippen molar-refractivity contribution in [2.75, 3.05) is 25.6 Å². The molecule has 2 unspecified atom stereocenters. The molecule has 2 rings (SSSR count). The van der Waals surface area contributed by atoms with Crippen molar-refractivity contribution in [1.82, 2.24) is 5.32 Å². The molecule has 6 nitrogen and oxygen atoms in total. The van der Waals surface area contributed by atoms with E-state index in [0.29, 0.717) is 34.0 Å². The van der Waals surface area contributed by atoms with Crippen molar-refractivity contribution in [2.24, 2.45) is 5.92 Å². The Morgan fingerprint density at radius 2 is 1.57 bits per heavy atom. The van der Waals surface area contributed by atoms with Crippen LogP contribution in [0, 0.1) is 5.92 Å². The van der Waals surface area contributed by atoms with E-state index in [1.165, 1.54) is 13.8 Å². The van der Waals surface area contributed by atoms with Crippen molar-refractivity contribution >= 4 is 46.7 Å². The van der Waals surface area contributed by atoms with Gasteiger partial charge < -0.3 is 19.5 Å². The Kier molecular flexibility index (Phi) is 11.0. The minimum Gasteiger partial charge on any atom is -0.490 e. The fourth-order valence-corrected chi connectivity index (χ4v) is 3.96. The average molecular weight is 545 g/mol. The summed E-state index contributed by atoms with van der Waals surface area (Å²) in [6, 6.07) is 11.3. The van der Waals surface area contributed by atoms with Crippen molar-refractivity contribution in [3.05, 3.63) is 57.6 Å². The lowest BCUT2D eigenvalue weighted by Crippen LogP contribution is -2.37. The summed E-state index contributed by atoms with van der Waals surface area (Å²) in [5, 5.41) is 3.52. The van der Waals surface area contributed by atoms with Crippen molar-refractivity contribution in [3.63, 3.8) is 0 Å². The number of alkyl halides is 1. The van der Waals surface area contributed by atoms with Crippen LogP contribution in [-0.4, -0.2) is 43.6 Å². The fourth-order valence-electron chi connectivity index (χ4n) is 3.28. The van der Waals surface area contributed by atoms with Crippen LogP contribution in [0.5, 0.6) is 11.5 Å². The molecule has 1 N–H and O–H groups in total. The Hall–Kier alpha value is -2.15. The molecule has 2 aromatic carbocycles. The highest BCUT2D eigenvalue weighted by molar-refractivity contribution is 6.37. The number of halogens is 3.